The number of aliphatic carboxylic acids is 1. The lowest BCUT2D eigenvalue weighted by Crippen LogP contribution is -2.48. The number of alkyl halides is 3. The topological polar surface area (TPSA) is 178 Å². The van der Waals surface area contributed by atoms with Crippen molar-refractivity contribution >= 4 is 33.3 Å². The van der Waals surface area contributed by atoms with Gasteiger partial charge in [0, 0.05) is 11.8 Å². The molecule has 0 aromatic heterocycles. The van der Waals surface area contributed by atoms with Gasteiger partial charge >= 0.3 is 11.5 Å². The van der Waals surface area contributed by atoms with Crippen LogP contribution in [0.2, 0.25) is 0 Å². The van der Waals surface area contributed by atoms with E-state index in [4.69, 9.17) is 14.2 Å². The van der Waals surface area contributed by atoms with Crippen LogP contribution in [-0.2, 0) is 24.2 Å². The number of aliphatic hydroxyl groups excluding tert-OH is 1. The molecule has 2 saturated carbocycles. The number of rotatable bonds is 11. The Morgan fingerprint density at radius 1 is 1.04 bits per heavy atom. The summed E-state index contributed by atoms with van der Waals surface area (Å²) in [6, 6.07) is 4.57. The smallest absolute Gasteiger partial charge is 0.496 e. The van der Waals surface area contributed by atoms with Crippen LogP contribution in [0, 0.1) is 17.2 Å². The van der Waals surface area contributed by atoms with Crippen LogP contribution in [-0.4, -0.2) is 74.1 Å². The molecule has 0 saturated heterocycles. The molecule has 47 heavy (non-hydrogen) atoms. The first-order valence-corrected chi connectivity index (χ1v) is 16.0. The fourth-order valence-electron chi connectivity index (χ4n) is 5.78. The molecule has 2 aromatic carbocycles. The number of carbonyl (C=O) groups is 3. The molecule has 2 aliphatic carbocycles. The third-order valence-corrected chi connectivity index (χ3v) is 10.1. The summed E-state index contributed by atoms with van der Waals surface area (Å²) in [5.74, 6) is -4.88. The summed E-state index contributed by atoms with van der Waals surface area (Å²) in [4.78, 5) is 37.3. The van der Waals surface area contributed by atoms with Crippen molar-refractivity contribution in [2.45, 2.75) is 74.1 Å². The van der Waals surface area contributed by atoms with Crippen LogP contribution in [0.25, 0.3) is 0 Å². The number of nitrogens with one attached hydrogen (secondary N) is 2. The molecule has 4 N–H and O–H groups in total. The zero-order valence-corrected chi connectivity index (χ0v) is 26.1. The normalized spacial score (nSPS) is 24.7. The number of anilines is 1. The predicted molar refractivity (Wildman–Crippen MR) is 156 cm³/mol. The van der Waals surface area contributed by atoms with Gasteiger partial charge in [0.2, 0.25) is 5.91 Å². The van der Waals surface area contributed by atoms with Crippen molar-refractivity contribution in [1.29, 1.82) is 0 Å². The monoisotopic (exact) mass is 690 g/mol. The third-order valence-electron chi connectivity index (χ3n) is 8.58. The number of hydrogen-bond acceptors (Lipinski definition) is 9. The molecule has 4 rings (SSSR count). The minimum Gasteiger partial charge on any atom is -0.496 e. The van der Waals surface area contributed by atoms with Crippen LogP contribution in [0.5, 0.6) is 11.5 Å². The number of benzene rings is 2. The summed E-state index contributed by atoms with van der Waals surface area (Å²) in [6.45, 7) is 0.866. The quantitative estimate of drug-likeness (QED) is 0.199. The molecule has 0 unspecified atom stereocenters. The average molecular weight is 691 g/mol. The van der Waals surface area contributed by atoms with E-state index in [1.54, 1.807) is 6.92 Å². The summed E-state index contributed by atoms with van der Waals surface area (Å²) >= 11 is 0. The Morgan fingerprint density at radius 3 is 2.32 bits per heavy atom. The van der Waals surface area contributed by atoms with Crippen molar-refractivity contribution in [3.05, 3.63) is 47.8 Å². The van der Waals surface area contributed by atoms with Crippen LogP contribution in [0.4, 0.5) is 23.2 Å². The van der Waals surface area contributed by atoms with Gasteiger partial charge in [0.1, 0.15) is 12.5 Å². The van der Waals surface area contributed by atoms with Gasteiger partial charge in [-0.25, -0.2) is 12.8 Å². The third kappa shape index (κ3) is 7.79. The van der Waals surface area contributed by atoms with Crippen molar-refractivity contribution in [3.63, 3.8) is 0 Å². The molecule has 17 heteroatoms. The number of halogens is 4. The maximum Gasteiger partial charge on any atom is 0.501 e. The summed E-state index contributed by atoms with van der Waals surface area (Å²) in [7, 11) is -4.48. The van der Waals surface area contributed by atoms with Gasteiger partial charge in [-0.1, -0.05) is 6.07 Å². The molecule has 0 heterocycles. The van der Waals surface area contributed by atoms with Crippen LogP contribution in [0.3, 0.4) is 0 Å². The van der Waals surface area contributed by atoms with E-state index in [0.29, 0.717) is 31.7 Å². The van der Waals surface area contributed by atoms with Gasteiger partial charge < -0.3 is 35.1 Å². The van der Waals surface area contributed by atoms with E-state index in [-0.39, 0.29) is 35.6 Å². The molecule has 2 amide bonds. The Hall–Kier alpha value is -3.96. The Balaban J connectivity index is 1.54. The zero-order chi connectivity index (χ0) is 34.7. The molecule has 0 spiro atoms. The summed E-state index contributed by atoms with van der Waals surface area (Å²) < 4.78 is 94.2. The lowest BCUT2D eigenvalue weighted by atomic mass is 9.75. The van der Waals surface area contributed by atoms with Crippen LogP contribution in [0.15, 0.2) is 41.3 Å². The first-order valence-electron chi connectivity index (χ1n) is 14.5. The number of sulfone groups is 1. The summed E-state index contributed by atoms with van der Waals surface area (Å²) in [5, 5.41) is 23.9. The van der Waals surface area contributed by atoms with Gasteiger partial charge in [0.15, 0.2) is 11.6 Å². The predicted octanol–water partition coefficient (Wildman–Crippen LogP) is 4.02. The molecule has 2 fully saturated rings. The standard InChI is InChI=1S/C30H34F4N2O10S/c1-29(28(40)41)10-8-17(9-11-29)46-24-13-20(23(44-2)14-21(24)31)27(39)36-25-19(6-7-22(25)45-15-37)26(38)35-16-4-3-5-18(12-16)47(42,43)30(32,33)34/h3-5,12-14,17,19,22,25,37H,6-11,15H2,1-2H3,(H,35,38)(H,36,39)(H,40,41)/t17?,19-,22-,25-,29?/m0/s1. The van der Waals surface area contributed by atoms with Gasteiger partial charge in [0.05, 0.1) is 47.2 Å². The second-order valence-corrected chi connectivity index (χ2v) is 13.6. The molecule has 2 aromatic rings. The number of hydrogen-bond donors (Lipinski definition) is 4. The fourth-order valence-corrected chi connectivity index (χ4v) is 6.59. The minimum atomic E-state index is -5.69. The van der Waals surface area contributed by atoms with Crippen molar-refractivity contribution < 1.29 is 64.8 Å². The first-order chi connectivity index (χ1) is 22.0. The Labute approximate surface area is 267 Å². The lowest BCUT2D eigenvalue weighted by molar-refractivity contribution is -0.150. The first kappa shape index (κ1) is 35.9. The van der Waals surface area contributed by atoms with Crippen molar-refractivity contribution in [2.75, 3.05) is 19.2 Å². The van der Waals surface area contributed by atoms with Crippen molar-refractivity contribution in [2.24, 2.45) is 11.3 Å². The molecular formula is C30H34F4N2O10S. The maximum absolute atomic E-state index is 15.0. The fraction of sp³-hybridized carbons (Fsp3) is 0.500. The highest BCUT2D eigenvalue weighted by molar-refractivity contribution is 7.92. The van der Waals surface area contributed by atoms with E-state index < -0.39 is 80.2 Å². The van der Waals surface area contributed by atoms with Gasteiger partial charge in [-0.2, -0.15) is 13.2 Å². The molecule has 258 valence electrons. The zero-order valence-electron chi connectivity index (χ0n) is 25.3. The molecular weight excluding hydrogens is 656 g/mol. The number of carboxylic acid groups (broad SMARTS) is 1. The van der Waals surface area contributed by atoms with Crippen LogP contribution >= 0.6 is 0 Å². The van der Waals surface area contributed by atoms with Gasteiger partial charge in [-0.3, -0.25) is 14.4 Å². The highest BCUT2D eigenvalue weighted by atomic mass is 32.2. The summed E-state index contributed by atoms with van der Waals surface area (Å²) in [5.41, 5.74) is -6.90. The van der Waals surface area contributed by atoms with E-state index in [1.165, 1.54) is 13.2 Å². The molecule has 2 aliphatic rings. The number of methoxy groups -OCH3 is 1. The number of aliphatic hydroxyl groups is 1. The second-order valence-electron chi connectivity index (χ2n) is 11.6. The molecule has 3 atom stereocenters. The Kier molecular flexibility index (Phi) is 10.7. The van der Waals surface area contributed by atoms with Gasteiger partial charge in [0.25, 0.3) is 15.7 Å². The van der Waals surface area contributed by atoms with E-state index in [0.717, 1.165) is 24.3 Å². The minimum absolute atomic E-state index is 0.105. The van der Waals surface area contributed by atoms with E-state index in [2.05, 4.69) is 10.6 Å². The van der Waals surface area contributed by atoms with Crippen molar-refractivity contribution in [1.82, 2.24) is 5.32 Å². The SMILES string of the molecule is COc1cc(F)c(OC2CCC(C)(C(=O)O)CC2)cc1C(=O)N[C@@H]1[C@@H](OCO)CC[C@@H]1C(=O)Nc1cccc(S(=O)(=O)C(F)(F)F)c1. The largest absolute Gasteiger partial charge is 0.501 e. The molecule has 0 aliphatic heterocycles. The lowest BCUT2D eigenvalue weighted by Gasteiger charge is -2.34. The highest BCUT2D eigenvalue weighted by Crippen LogP contribution is 2.39. The van der Waals surface area contributed by atoms with E-state index in [1.807, 2.05) is 0 Å². The number of carboxylic acids is 1. The number of carbonyl (C=O) groups excluding carboxylic acids is 2. The number of ether oxygens (including phenoxy) is 3. The second kappa shape index (κ2) is 14.0. The van der Waals surface area contributed by atoms with Crippen LogP contribution < -0.4 is 20.1 Å². The van der Waals surface area contributed by atoms with Crippen molar-refractivity contribution in [3.8, 4) is 11.5 Å². The average Bonchev–Trinajstić information content (AvgIpc) is 3.40. The van der Waals surface area contributed by atoms with Gasteiger partial charge in [-0.05, 0) is 69.7 Å². The Bertz CT molecular complexity index is 1610. The van der Waals surface area contributed by atoms with E-state index in [9.17, 15) is 50.6 Å². The maximum atomic E-state index is 15.0. The summed E-state index contributed by atoms with van der Waals surface area (Å²) in [6.07, 6.45) is 0.155. The Morgan fingerprint density at radius 2 is 1.72 bits per heavy atom. The van der Waals surface area contributed by atoms with Gasteiger partial charge in [-0.15, -0.1) is 0 Å². The molecule has 0 radical (unpaired) electrons. The highest BCUT2D eigenvalue weighted by Gasteiger charge is 2.47. The number of amides is 2. The van der Waals surface area contributed by atoms with E-state index >= 15 is 0 Å². The molecule has 12 nitrogen and oxygen atoms in total. The molecule has 0 bridgehead atoms. The van der Waals surface area contributed by atoms with Crippen LogP contribution in [0.1, 0.15) is 55.8 Å².